The van der Waals surface area contributed by atoms with E-state index in [2.05, 4.69) is 24.3 Å². The van der Waals surface area contributed by atoms with Crippen LogP contribution in [0.5, 0.6) is 0 Å². The Morgan fingerprint density at radius 1 is 0.312 bits per heavy atom. The lowest BCUT2D eigenvalue weighted by atomic mass is 10.1. The van der Waals surface area contributed by atoms with Crippen molar-refractivity contribution in [2.24, 2.45) is 0 Å². The molecule has 0 atom stereocenters. The number of rotatable bonds is 0. The summed E-state index contributed by atoms with van der Waals surface area (Å²) in [5, 5.41) is 0. The van der Waals surface area contributed by atoms with E-state index in [1.54, 1.807) is 0 Å². The molecule has 1 aliphatic carbocycles. The Bertz CT molecular complexity index is 166. The topological polar surface area (TPSA) is 0 Å². The van der Waals surface area contributed by atoms with Crippen molar-refractivity contribution in [1.82, 2.24) is 0 Å². The Labute approximate surface area is 102 Å². The van der Waals surface area contributed by atoms with Crippen molar-refractivity contribution in [3.63, 3.8) is 0 Å². The third-order valence-corrected chi connectivity index (χ3v) is 3.32. The average molecular weight is 220 g/mol. The summed E-state index contributed by atoms with van der Waals surface area (Å²) in [6.07, 6.45) is 26.0. The highest BCUT2D eigenvalue weighted by Gasteiger charge is 1.91. The van der Waals surface area contributed by atoms with E-state index in [1.807, 2.05) is 0 Å². The molecule has 0 saturated carbocycles. The van der Waals surface area contributed by atoms with Gasteiger partial charge in [0.15, 0.2) is 0 Å². The summed E-state index contributed by atoms with van der Waals surface area (Å²) in [6.45, 7) is 0. The van der Waals surface area contributed by atoms with Crippen molar-refractivity contribution in [3.05, 3.63) is 24.3 Å². The maximum atomic E-state index is 2.39. The first-order valence-corrected chi connectivity index (χ1v) is 7.30. The molecule has 0 amide bonds. The SMILES string of the molecule is C1=CCCCCCCCC/C=C/CCCC1. The second-order valence-corrected chi connectivity index (χ2v) is 4.93. The van der Waals surface area contributed by atoms with Gasteiger partial charge in [-0.2, -0.15) is 0 Å². The molecule has 0 N–H and O–H groups in total. The van der Waals surface area contributed by atoms with Gasteiger partial charge in [0.25, 0.3) is 0 Å². The standard InChI is InChI=1S/C16H28/c1-2-4-6-8-10-12-14-16-15-13-11-9-7-5-3-1/h1-2,11,13H,3-10,12,14-16H2/b2-1+,13-11?. The first-order chi connectivity index (χ1) is 8.00. The quantitative estimate of drug-likeness (QED) is 0.453. The minimum atomic E-state index is 1.29. The molecular formula is C16H28. The predicted octanol–water partition coefficient (Wildman–Crippen LogP) is 5.79. The largest absolute Gasteiger partial charge is 0.0885 e. The normalized spacial score (nSPS) is 24.0. The van der Waals surface area contributed by atoms with Gasteiger partial charge in [-0.3, -0.25) is 0 Å². The first-order valence-electron chi connectivity index (χ1n) is 7.30. The molecule has 0 nitrogen and oxygen atoms in total. The zero-order valence-corrected chi connectivity index (χ0v) is 10.8. The van der Waals surface area contributed by atoms with Crippen LogP contribution in [-0.4, -0.2) is 0 Å². The molecule has 0 aliphatic heterocycles. The van der Waals surface area contributed by atoms with Crippen LogP contribution in [-0.2, 0) is 0 Å². The highest BCUT2D eigenvalue weighted by atomic mass is 14.0. The lowest BCUT2D eigenvalue weighted by Gasteiger charge is -2.00. The third kappa shape index (κ3) is 8.76. The zero-order valence-electron chi connectivity index (χ0n) is 10.8. The molecule has 16 heavy (non-hydrogen) atoms. The second kappa shape index (κ2) is 11.0. The molecule has 0 fully saturated rings. The molecule has 1 aliphatic rings. The minimum Gasteiger partial charge on any atom is -0.0885 e. The molecule has 0 unspecified atom stereocenters. The highest BCUT2D eigenvalue weighted by molar-refractivity contribution is 4.84. The molecule has 0 aromatic rings. The first kappa shape index (κ1) is 13.5. The van der Waals surface area contributed by atoms with Gasteiger partial charge in [-0.25, -0.2) is 0 Å². The van der Waals surface area contributed by atoms with Crippen molar-refractivity contribution in [2.45, 2.75) is 77.0 Å². The Kier molecular flexibility index (Phi) is 9.30. The molecule has 0 aromatic heterocycles. The van der Waals surface area contributed by atoms with E-state index < -0.39 is 0 Å². The monoisotopic (exact) mass is 220 g/mol. The van der Waals surface area contributed by atoms with Gasteiger partial charge in [-0.1, -0.05) is 50.0 Å². The zero-order chi connectivity index (χ0) is 11.3. The molecule has 0 bridgehead atoms. The lowest BCUT2D eigenvalue weighted by molar-refractivity contribution is 0.599. The van der Waals surface area contributed by atoms with Gasteiger partial charge in [0, 0.05) is 0 Å². The molecule has 0 saturated heterocycles. The van der Waals surface area contributed by atoms with Gasteiger partial charge in [-0.05, 0) is 51.4 Å². The maximum Gasteiger partial charge on any atom is -0.0351 e. The van der Waals surface area contributed by atoms with E-state index in [9.17, 15) is 0 Å². The van der Waals surface area contributed by atoms with Crippen molar-refractivity contribution in [1.29, 1.82) is 0 Å². The summed E-state index contributed by atoms with van der Waals surface area (Å²) in [4.78, 5) is 0. The fourth-order valence-corrected chi connectivity index (χ4v) is 2.23. The maximum absolute atomic E-state index is 2.39. The van der Waals surface area contributed by atoms with Gasteiger partial charge in [-0.15, -0.1) is 0 Å². The van der Waals surface area contributed by atoms with E-state index in [0.717, 1.165) is 0 Å². The molecule has 0 radical (unpaired) electrons. The Hall–Kier alpha value is -0.520. The van der Waals surface area contributed by atoms with Crippen molar-refractivity contribution in [2.75, 3.05) is 0 Å². The van der Waals surface area contributed by atoms with Gasteiger partial charge in [0.1, 0.15) is 0 Å². The number of hydrogen-bond donors (Lipinski definition) is 0. The van der Waals surface area contributed by atoms with Gasteiger partial charge >= 0.3 is 0 Å². The minimum absolute atomic E-state index is 1.29. The van der Waals surface area contributed by atoms with Crippen LogP contribution in [0.2, 0.25) is 0 Å². The van der Waals surface area contributed by atoms with Crippen LogP contribution in [0.3, 0.4) is 0 Å². The molecule has 0 heterocycles. The van der Waals surface area contributed by atoms with Crippen LogP contribution in [0.4, 0.5) is 0 Å². The summed E-state index contributed by atoms with van der Waals surface area (Å²) in [5.74, 6) is 0. The van der Waals surface area contributed by atoms with Crippen LogP contribution >= 0.6 is 0 Å². The smallest absolute Gasteiger partial charge is 0.0351 e. The molecule has 92 valence electrons. The van der Waals surface area contributed by atoms with Gasteiger partial charge in [0.05, 0.1) is 0 Å². The van der Waals surface area contributed by atoms with Crippen LogP contribution in [0.15, 0.2) is 24.3 Å². The van der Waals surface area contributed by atoms with Gasteiger partial charge < -0.3 is 0 Å². The summed E-state index contributed by atoms with van der Waals surface area (Å²) in [5.41, 5.74) is 0. The van der Waals surface area contributed by atoms with E-state index in [4.69, 9.17) is 0 Å². The van der Waals surface area contributed by atoms with Crippen LogP contribution in [0.1, 0.15) is 77.0 Å². The summed E-state index contributed by atoms with van der Waals surface area (Å²) < 4.78 is 0. The lowest BCUT2D eigenvalue weighted by Crippen LogP contribution is -1.80. The van der Waals surface area contributed by atoms with E-state index >= 15 is 0 Å². The van der Waals surface area contributed by atoms with E-state index in [1.165, 1.54) is 77.0 Å². The molecule has 1 rings (SSSR count). The molecular weight excluding hydrogens is 192 g/mol. The van der Waals surface area contributed by atoms with Gasteiger partial charge in [0.2, 0.25) is 0 Å². The van der Waals surface area contributed by atoms with E-state index in [-0.39, 0.29) is 0 Å². The van der Waals surface area contributed by atoms with Crippen molar-refractivity contribution < 1.29 is 0 Å². The molecule has 0 heteroatoms. The van der Waals surface area contributed by atoms with Crippen LogP contribution in [0.25, 0.3) is 0 Å². The average Bonchev–Trinajstić information content (AvgIpc) is 2.29. The predicted molar refractivity (Wildman–Crippen MR) is 73.7 cm³/mol. The fourth-order valence-electron chi connectivity index (χ4n) is 2.23. The number of hydrogen-bond acceptors (Lipinski definition) is 0. The fraction of sp³-hybridized carbons (Fsp3) is 0.750. The summed E-state index contributed by atoms with van der Waals surface area (Å²) in [7, 11) is 0. The number of allylic oxidation sites excluding steroid dienone is 4. The van der Waals surface area contributed by atoms with Crippen molar-refractivity contribution >= 4 is 0 Å². The summed E-state index contributed by atoms with van der Waals surface area (Å²) >= 11 is 0. The summed E-state index contributed by atoms with van der Waals surface area (Å²) in [6, 6.07) is 0. The van der Waals surface area contributed by atoms with Crippen LogP contribution < -0.4 is 0 Å². The second-order valence-electron chi connectivity index (χ2n) is 4.93. The Morgan fingerprint density at radius 2 is 0.562 bits per heavy atom. The molecule has 0 spiro atoms. The van der Waals surface area contributed by atoms with Crippen LogP contribution in [0, 0.1) is 0 Å². The van der Waals surface area contributed by atoms with Crippen molar-refractivity contribution in [3.8, 4) is 0 Å². The third-order valence-electron chi connectivity index (χ3n) is 3.32. The Balaban J connectivity index is 2.14. The molecule has 0 aromatic carbocycles. The van der Waals surface area contributed by atoms with E-state index in [0.29, 0.717) is 0 Å². The highest BCUT2D eigenvalue weighted by Crippen LogP contribution is 2.11. The Morgan fingerprint density at radius 3 is 0.938 bits per heavy atom.